The van der Waals surface area contributed by atoms with E-state index in [9.17, 15) is 9.90 Å². The van der Waals surface area contributed by atoms with Crippen LogP contribution in [-0.4, -0.2) is 28.1 Å². The fraction of sp³-hybridized carbons (Fsp3) is 0.538. The van der Waals surface area contributed by atoms with E-state index in [0.29, 0.717) is 10.7 Å². The highest BCUT2D eigenvalue weighted by molar-refractivity contribution is 6.30. The zero-order chi connectivity index (χ0) is 13.0. The Morgan fingerprint density at radius 3 is 2.94 bits per heavy atom. The molecule has 2 rings (SSSR count). The van der Waals surface area contributed by atoms with E-state index in [1.165, 1.54) is 12.3 Å². The summed E-state index contributed by atoms with van der Waals surface area (Å²) in [5.74, 6) is -0.275. The molecule has 0 saturated heterocycles. The summed E-state index contributed by atoms with van der Waals surface area (Å²) in [6.07, 6.45) is 5.75. The molecule has 1 aliphatic carbocycles. The minimum absolute atomic E-state index is 0.180. The quantitative estimate of drug-likeness (QED) is 0.808. The van der Waals surface area contributed by atoms with Crippen molar-refractivity contribution in [2.75, 3.05) is 0 Å². The normalized spacial score (nSPS) is 24.3. The van der Waals surface area contributed by atoms with Gasteiger partial charge in [0.15, 0.2) is 0 Å². The van der Waals surface area contributed by atoms with E-state index < -0.39 is 6.10 Å². The number of aliphatic hydroxyl groups excluding tert-OH is 1. The minimum atomic E-state index is -0.462. The molecule has 18 heavy (non-hydrogen) atoms. The van der Waals surface area contributed by atoms with E-state index >= 15 is 0 Å². The van der Waals surface area contributed by atoms with Gasteiger partial charge in [-0.1, -0.05) is 30.9 Å². The smallest absolute Gasteiger partial charge is 0.270 e. The predicted molar refractivity (Wildman–Crippen MR) is 69.6 cm³/mol. The lowest BCUT2D eigenvalue weighted by molar-refractivity contribution is 0.0814. The average Bonchev–Trinajstić information content (AvgIpc) is 2.55. The number of rotatable bonds is 2. The van der Waals surface area contributed by atoms with Crippen molar-refractivity contribution in [3.63, 3.8) is 0 Å². The molecule has 2 atom stereocenters. The van der Waals surface area contributed by atoms with Crippen molar-refractivity contribution >= 4 is 17.5 Å². The molecule has 0 aromatic carbocycles. The van der Waals surface area contributed by atoms with Gasteiger partial charge in [0, 0.05) is 11.2 Å². The zero-order valence-electron chi connectivity index (χ0n) is 10.1. The summed E-state index contributed by atoms with van der Waals surface area (Å²) in [4.78, 5) is 16.0. The maximum atomic E-state index is 12.0. The molecule has 0 bridgehead atoms. The summed E-state index contributed by atoms with van der Waals surface area (Å²) < 4.78 is 0. The molecule has 4 nitrogen and oxygen atoms in total. The number of aliphatic hydroxyl groups is 1. The number of pyridine rings is 1. The van der Waals surface area contributed by atoms with Gasteiger partial charge in [0.1, 0.15) is 5.69 Å². The van der Waals surface area contributed by atoms with Gasteiger partial charge in [-0.3, -0.25) is 9.78 Å². The van der Waals surface area contributed by atoms with Gasteiger partial charge < -0.3 is 10.4 Å². The molecule has 1 aliphatic rings. The molecule has 5 heteroatoms. The second kappa shape index (κ2) is 6.16. The number of halogens is 1. The van der Waals surface area contributed by atoms with Crippen LogP contribution in [0.4, 0.5) is 0 Å². The van der Waals surface area contributed by atoms with Crippen LogP contribution in [0.15, 0.2) is 18.3 Å². The minimum Gasteiger partial charge on any atom is -0.391 e. The van der Waals surface area contributed by atoms with Crippen molar-refractivity contribution in [3.05, 3.63) is 29.0 Å². The predicted octanol–water partition coefficient (Wildman–Crippen LogP) is 2.16. The molecule has 1 heterocycles. The lowest BCUT2D eigenvalue weighted by Crippen LogP contribution is -2.42. The maximum absolute atomic E-state index is 12.0. The Hall–Kier alpha value is -1.13. The average molecular weight is 269 g/mol. The van der Waals surface area contributed by atoms with Crippen molar-refractivity contribution in [2.45, 2.75) is 44.2 Å². The van der Waals surface area contributed by atoms with Crippen LogP contribution in [0, 0.1) is 0 Å². The third kappa shape index (κ3) is 3.43. The van der Waals surface area contributed by atoms with Crippen molar-refractivity contribution in [3.8, 4) is 0 Å². The number of nitrogens with one attached hydrogen (secondary N) is 1. The Bertz CT molecular complexity index is 425. The molecule has 1 aromatic rings. The van der Waals surface area contributed by atoms with Crippen molar-refractivity contribution in [2.24, 2.45) is 0 Å². The van der Waals surface area contributed by atoms with Gasteiger partial charge in [0.2, 0.25) is 0 Å². The Morgan fingerprint density at radius 2 is 2.17 bits per heavy atom. The number of hydrogen-bond acceptors (Lipinski definition) is 3. The molecule has 1 saturated carbocycles. The number of hydrogen-bond donors (Lipinski definition) is 2. The van der Waals surface area contributed by atoms with Crippen molar-refractivity contribution < 1.29 is 9.90 Å². The molecular weight excluding hydrogens is 252 g/mol. The van der Waals surface area contributed by atoms with Gasteiger partial charge in [0.25, 0.3) is 5.91 Å². The Kier molecular flexibility index (Phi) is 4.55. The summed E-state index contributed by atoms with van der Waals surface area (Å²) in [6.45, 7) is 0. The Balaban J connectivity index is 2.01. The third-order valence-corrected chi connectivity index (χ3v) is 3.49. The van der Waals surface area contributed by atoms with Crippen LogP contribution in [0.5, 0.6) is 0 Å². The van der Waals surface area contributed by atoms with Crippen LogP contribution in [0.2, 0.25) is 5.02 Å². The first-order valence-electron chi connectivity index (χ1n) is 6.27. The molecule has 2 unspecified atom stereocenters. The first kappa shape index (κ1) is 13.3. The van der Waals surface area contributed by atoms with Crippen LogP contribution in [0.25, 0.3) is 0 Å². The molecule has 1 amide bonds. The molecule has 1 aromatic heterocycles. The second-order valence-corrected chi connectivity index (χ2v) is 5.08. The van der Waals surface area contributed by atoms with Crippen molar-refractivity contribution in [1.82, 2.24) is 10.3 Å². The molecule has 98 valence electrons. The summed E-state index contributed by atoms with van der Waals surface area (Å²) in [6, 6.07) is 2.97. The van der Waals surface area contributed by atoms with Gasteiger partial charge in [-0.25, -0.2) is 0 Å². The van der Waals surface area contributed by atoms with Crippen LogP contribution in [0.1, 0.15) is 42.6 Å². The first-order chi connectivity index (χ1) is 8.66. The number of carbonyl (C=O) groups excluding carboxylic acids is 1. The lowest BCUT2D eigenvalue weighted by Gasteiger charge is -2.21. The topological polar surface area (TPSA) is 62.2 Å². The number of amides is 1. The molecule has 1 fully saturated rings. The summed E-state index contributed by atoms with van der Waals surface area (Å²) in [5.41, 5.74) is 0.291. The van der Waals surface area contributed by atoms with Crippen molar-refractivity contribution in [1.29, 1.82) is 0 Å². The highest BCUT2D eigenvalue weighted by Crippen LogP contribution is 2.18. The molecule has 0 radical (unpaired) electrons. The zero-order valence-corrected chi connectivity index (χ0v) is 10.9. The van der Waals surface area contributed by atoms with E-state index in [4.69, 9.17) is 11.6 Å². The fourth-order valence-electron chi connectivity index (χ4n) is 2.23. The SMILES string of the molecule is O=C(NC1CCCCCC1O)c1cc(Cl)ccn1. The maximum Gasteiger partial charge on any atom is 0.270 e. The largest absolute Gasteiger partial charge is 0.391 e. The van der Waals surface area contributed by atoms with Gasteiger partial charge in [-0.2, -0.15) is 0 Å². The summed E-state index contributed by atoms with van der Waals surface area (Å²) in [5, 5.41) is 13.3. The van der Waals surface area contributed by atoms with Gasteiger partial charge in [-0.05, 0) is 25.0 Å². The molecule has 0 spiro atoms. The monoisotopic (exact) mass is 268 g/mol. The third-order valence-electron chi connectivity index (χ3n) is 3.25. The van der Waals surface area contributed by atoms with Crippen LogP contribution < -0.4 is 5.32 Å². The number of nitrogens with zero attached hydrogens (tertiary/aromatic N) is 1. The van der Waals surface area contributed by atoms with Gasteiger partial charge in [0.05, 0.1) is 12.1 Å². The van der Waals surface area contributed by atoms with E-state index in [0.717, 1.165) is 32.1 Å². The van der Waals surface area contributed by atoms with Gasteiger partial charge in [-0.15, -0.1) is 0 Å². The number of carbonyl (C=O) groups is 1. The van der Waals surface area contributed by atoms with E-state index in [1.54, 1.807) is 6.07 Å². The van der Waals surface area contributed by atoms with Crippen LogP contribution >= 0.6 is 11.6 Å². The molecular formula is C13H17ClN2O2. The van der Waals surface area contributed by atoms with E-state index in [1.807, 2.05) is 0 Å². The lowest BCUT2D eigenvalue weighted by atomic mass is 10.1. The Labute approximate surface area is 111 Å². The molecule has 2 N–H and O–H groups in total. The summed E-state index contributed by atoms with van der Waals surface area (Å²) in [7, 11) is 0. The highest BCUT2D eigenvalue weighted by Gasteiger charge is 2.23. The van der Waals surface area contributed by atoms with Crippen LogP contribution in [-0.2, 0) is 0 Å². The Morgan fingerprint density at radius 1 is 1.39 bits per heavy atom. The van der Waals surface area contributed by atoms with Gasteiger partial charge >= 0.3 is 0 Å². The standard InChI is InChI=1S/C13H17ClN2O2/c14-9-6-7-15-11(8-9)13(18)16-10-4-2-1-3-5-12(10)17/h6-8,10,12,17H,1-5H2,(H,16,18). The highest BCUT2D eigenvalue weighted by atomic mass is 35.5. The first-order valence-corrected chi connectivity index (χ1v) is 6.65. The van der Waals surface area contributed by atoms with E-state index in [2.05, 4.69) is 10.3 Å². The molecule has 0 aliphatic heterocycles. The number of aromatic nitrogens is 1. The van der Waals surface area contributed by atoms with E-state index in [-0.39, 0.29) is 11.9 Å². The fourth-order valence-corrected chi connectivity index (χ4v) is 2.39. The summed E-state index contributed by atoms with van der Waals surface area (Å²) >= 11 is 5.82. The van der Waals surface area contributed by atoms with Crippen LogP contribution in [0.3, 0.4) is 0 Å². The second-order valence-electron chi connectivity index (χ2n) is 4.64.